The van der Waals surface area contributed by atoms with Crippen LogP contribution in [0.3, 0.4) is 0 Å². The highest BCUT2D eigenvalue weighted by Crippen LogP contribution is 2.31. The highest BCUT2D eigenvalue weighted by atomic mass is 16.6. The predicted octanol–water partition coefficient (Wildman–Crippen LogP) is 3.14. The van der Waals surface area contributed by atoms with Crippen LogP contribution in [0.2, 0.25) is 0 Å². The Kier molecular flexibility index (Phi) is 5.15. The summed E-state index contributed by atoms with van der Waals surface area (Å²) in [6, 6.07) is 7.83. The highest BCUT2D eigenvalue weighted by Gasteiger charge is 2.31. The van der Waals surface area contributed by atoms with Gasteiger partial charge in [0.2, 0.25) is 5.91 Å². The van der Waals surface area contributed by atoms with Gasteiger partial charge in [0.15, 0.2) is 0 Å². The number of ether oxygens (including phenoxy) is 1. The molecule has 0 aliphatic carbocycles. The van der Waals surface area contributed by atoms with Crippen LogP contribution in [0, 0.1) is 0 Å². The fourth-order valence-electron chi connectivity index (χ4n) is 3.21. The van der Waals surface area contributed by atoms with E-state index < -0.39 is 11.7 Å². The van der Waals surface area contributed by atoms with Gasteiger partial charge in [0.25, 0.3) is 0 Å². The van der Waals surface area contributed by atoms with E-state index in [1.807, 2.05) is 29.2 Å². The number of nitrogens with one attached hydrogen (secondary N) is 2. The van der Waals surface area contributed by atoms with Crippen molar-refractivity contribution in [3.63, 3.8) is 0 Å². The molecule has 1 saturated heterocycles. The molecule has 7 nitrogen and oxygen atoms in total. The molecule has 1 aliphatic heterocycles. The van der Waals surface area contributed by atoms with E-state index >= 15 is 0 Å². The molecule has 3 rings (SSSR count). The standard InChI is InChI=1S/C19H26N4O3/c1-19(2,3)26-18(25)20-11-10-16(24)23-12-6-9-15(23)17-21-13-7-4-5-8-14(13)22-17/h4-5,7-8,15H,6,9-12H2,1-3H3,(H,20,25)(H,21,22)/t15-/m0/s1. The number of hydrogen-bond acceptors (Lipinski definition) is 4. The number of benzene rings is 1. The summed E-state index contributed by atoms with van der Waals surface area (Å²) in [4.78, 5) is 34.1. The number of hydrogen-bond donors (Lipinski definition) is 2. The molecule has 0 saturated carbocycles. The van der Waals surface area contributed by atoms with Crippen LogP contribution in [0.25, 0.3) is 11.0 Å². The molecule has 2 heterocycles. The number of H-pyrrole nitrogens is 1. The molecular weight excluding hydrogens is 332 g/mol. The average Bonchev–Trinajstić information content (AvgIpc) is 3.19. The minimum Gasteiger partial charge on any atom is -0.444 e. The zero-order valence-corrected chi connectivity index (χ0v) is 15.5. The third-order valence-corrected chi connectivity index (χ3v) is 4.30. The second kappa shape index (κ2) is 7.35. The molecule has 1 fully saturated rings. The summed E-state index contributed by atoms with van der Waals surface area (Å²) in [6.45, 7) is 6.39. The zero-order chi connectivity index (χ0) is 18.7. The van der Waals surface area contributed by atoms with Crippen LogP contribution in [0.5, 0.6) is 0 Å². The summed E-state index contributed by atoms with van der Waals surface area (Å²) in [5.41, 5.74) is 1.34. The van der Waals surface area contributed by atoms with Crippen molar-refractivity contribution in [1.82, 2.24) is 20.2 Å². The maximum Gasteiger partial charge on any atom is 0.407 e. The smallest absolute Gasteiger partial charge is 0.407 e. The number of fused-ring (bicyclic) bond motifs is 1. The maximum atomic E-state index is 12.6. The average molecular weight is 358 g/mol. The summed E-state index contributed by atoms with van der Waals surface area (Å²) in [5, 5.41) is 2.64. The van der Waals surface area contributed by atoms with E-state index in [0.29, 0.717) is 6.54 Å². The number of amides is 2. The van der Waals surface area contributed by atoms with E-state index in [9.17, 15) is 9.59 Å². The van der Waals surface area contributed by atoms with Gasteiger partial charge in [-0.1, -0.05) is 12.1 Å². The molecule has 26 heavy (non-hydrogen) atoms. The fraction of sp³-hybridized carbons (Fsp3) is 0.526. The minimum atomic E-state index is -0.546. The molecule has 1 aromatic heterocycles. The Morgan fingerprint density at radius 2 is 2.12 bits per heavy atom. The third kappa shape index (κ3) is 4.33. The normalized spacial score (nSPS) is 17.5. The molecule has 1 aliphatic rings. The van der Waals surface area contributed by atoms with Crippen LogP contribution in [0.4, 0.5) is 4.79 Å². The number of para-hydroxylation sites is 2. The van der Waals surface area contributed by atoms with Gasteiger partial charge in [0, 0.05) is 19.5 Å². The van der Waals surface area contributed by atoms with E-state index in [4.69, 9.17) is 4.74 Å². The topological polar surface area (TPSA) is 87.3 Å². The van der Waals surface area contributed by atoms with E-state index in [0.717, 1.165) is 29.7 Å². The fourth-order valence-corrected chi connectivity index (χ4v) is 3.21. The van der Waals surface area contributed by atoms with Crippen molar-refractivity contribution < 1.29 is 14.3 Å². The summed E-state index contributed by atoms with van der Waals surface area (Å²) >= 11 is 0. The van der Waals surface area contributed by atoms with Gasteiger partial charge < -0.3 is 19.9 Å². The molecule has 140 valence electrons. The van der Waals surface area contributed by atoms with Crippen LogP contribution >= 0.6 is 0 Å². The van der Waals surface area contributed by atoms with E-state index in [-0.39, 0.29) is 24.9 Å². The first kappa shape index (κ1) is 18.2. The molecule has 2 N–H and O–H groups in total. The molecule has 1 atom stereocenters. The quantitative estimate of drug-likeness (QED) is 0.879. The number of carbonyl (C=O) groups is 2. The number of alkyl carbamates (subject to hydrolysis) is 1. The number of rotatable bonds is 4. The van der Waals surface area contributed by atoms with E-state index in [2.05, 4.69) is 15.3 Å². The highest BCUT2D eigenvalue weighted by molar-refractivity contribution is 5.79. The van der Waals surface area contributed by atoms with Crippen molar-refractivity contribution in [2.24, 2.45) is 0 Å². The molecule has 0 spiro atoms. The molecule has 2 amide bonds. The molecule has 7 heteroatoms. The van der Waals surface area contributed by atoms with Gasteiger partial charge in [-0.05, 0) is 45.7 Å². The van der Waals surface area contributed by atoms with Gasteiger partial charge in [-0.25, -0.2) is 9.78 Å². The lowest BCUT2D eigenvalue weighted by atomic mass is 10.2. The lowest BCUT2D eigenvalue weighted by Gasteiger charge is -2.23. The second-order valence-electron chi connectivity index (χ2n) is 7.56. The van der Waals surface area contributed by atoms with Gasteiger partial charge in [-0.3, -0.25) is 4.79 Å². The Balaban J connectivity index is 1.57. The van der Waals surface area contributed by atoms with Crippen LogP contribution in [0.15, 0.2) is 24.3 Å². The zero-order valence-electron chi connectivity index (χ0n) is 15.5. The molecule has 0 bridgehead atoms. The molecular formula is C19H26N4O3. The number of imidazole rings is 1. The Labute approximate surface area is 153 Å². The van der Waals surface area contributed by atoms with Crippen molar-refractivity contribution in [3.05, 3.63) is 30.1 Å². The van der Waals surface area contributed by atoms with Crippen molar-refractivity contribution in [2.45, 2.75) is 51.7 Å². The van der Waals surface area contributed by atoms with Gasteiger partial charge in [0.1, 0.15) is 11.4 Å². The summed E-state index contributed by atoms with van der Waals surface area (Å²) < 4.78 is 5.18. The number of likely N-dealkylation sites (tertiary alicyclic amines) is 1. The van der Waals surface area contributed by atoms with E-state index in [1.165, 1.54) is 0 Å². The molecule has 0 unspecified atom stereocenters. The maximum absolute atomic E-state index is 12.6. The van der Waals surface area contributed by atoms with Crippen LogP contribution in [0.1, 0.15) is 51.9 Å². The first-order valence-electron chi connectivity index (χ1n) is 9.04. The second-order valence-corrected chi connectivity index (χ2v) is 7.56. The first-order chi connectivity index (χ1) is 12.3. The Morgan fingerprint density at radius 3 is 2.85 bits per heavy atom. The molecule has 1 aromatic carbocycles. The van der Waals surface area contributed by atoms with Crippen molar-refractivity contribution in [2.75, 3.05) is 13.1 Å². The summed E-state index contributed by atoms with van der Waals surface area (Å²) in [7, 11) is 0. The van der Waals surface area contributed by atoms with Crippen LogP contribution in [-0.4, -0.2) is 45.6 Å². The van der Waals surface area contributed by atoms with Gasteiger partial charge in [0.05, 0.1) is 17.1 Å². The van der Waals surface area contributed by atoms with Crippen molar-refractivity contribution in [1.29, 1.82) is 0 Å². The molecule has 0 radical (unpaired) electrons. The third-order valence-electron chi connectivity index (χ3n) is 4.30. The van der Waals surface area contributed by atoms with Gasteiger partial charge in [-0.2, -0.15) is 0 Å². The SMILES string of the molecule is CC(C)(C)OC(=O)NCCC(=O)N1CCC[C@H]1c1nc2ccccc2[nH]1. The lowest BCUT2D eigenvalue weighted by molar-refractivity contribution is -0.132. The largest absolute Gasteiger partial charge is 0.444 e. The van der Waals surface area contributed by atoms with Crippen molar-refractivity contribution >= 4 is 23.0 Å². The monoisotopic (exact) mass is 358 g/mol. The van der Waals surface area contributed by atoms with Gasteiger partial charge in [-0.15, -0.1) is 0 Å². The van der Waals surface area contributed by atoms with Crippen molar-refractivity contribution in [3.8, 4) is 0 Å². The lowest BCUT2D eigenvalue weighted by Crippen LogP contribution is -2.36. The predicted molar refractivity (Wildman–Crippen MR) is 98.6 cm³/mol. The van der Waals surface area contributed by atoms with Gasteiger partial charge >= 0.3 is 6.09 Å². The summed E-state index contributed by atoms with van der Waals surface area (Å²) in [6.07, 6.45) is 1.59. The Morgan fingerprint density at radius 1 is 1.35 bits per heavy atom. The summed E-state index contributed by atoms with van der Waals surface area (Å²) in [5.74, 6) is 0.848. The van der Waals surface area contributed by atoms with E-state index in [1.54, 1.807) is 20.8 Å². The Hall–Kier alpha value is -2.57. The number of carbonyl (C=O) groups excluding carboxylic acids is 2. The first-order valence-corrected chi connectivity index (χ1v) is 9.04. The molecule has 2 aromatic rings. The van der Waals surface area contributed by atoms with Crippen LogP contribution in [-0.2, 0) is 9.53 Å². The minimum absolute atomic E-state index is 0.0176. The van der Waals surface area contributed by atoms with Crippen LogP contribution < -0.4 is 5.32 Å². The number of aromatic nitrogens is 2. The number of nitrogens with zero attached hydrogens (tertiary/aromatic N) is 2. The number of aromatic amines is 1. The Bertz CT molecular complexity index is 760.